The predicted octanol–water partition coefficient (Wildman–Crippen LogP) is 5.10. The Morgan fingerprint density at radius 1 is 1.15 bits per heavy atom. The zero-order valence-electron chi connectivity index (χ0n) is 13.2. The molecule has 0 radical (unpaired) electrons. The molecular weight excluding hydrogens is 262 g/mol. The van der Waals surface area contributed by atoms with Gasteiger partial charge in [0.25, 0.3) is 0 Å². The smallest absolute Gasteiger partial charge is 0.0205 e. The summed E-state index contributed by atoms with van der Waals surface area (Å²) in [6.07, 6.45) is 5.38. The second kappa shape index (κ2) is 8.09. The average molecular weight is 292 g/mol. The molecule has 1 saturated carbocycles. The van der Waals surface area contributed by atoms with Gasteiger partial charge in [0.1, 0.15) is 0 Å². The van der Waals surface area contributed by atoms with E-state index in [0.29, 0.717) is 0 Å². The Balaban J connectivity index is 1.90. The van der Waals surface area contributed by atoms with Crippen LogP contribution in [-0.4, -0.2) is 11.8 Å². The largest absolute Gasteiger partial charge is 0.313 e. The van der Waals surface area contributed by atoms with Crippen LogP contribution in [0.1, 0.15) is 52.0 Å². The SMILES string of the molecule is CCCNCc1cccc(SC2CC(C)CC(C)C2)c1. The molecule has 2 atom stereocenters. The van der Waals surface area contributed by atoms with Crippen molar-refractivity contribution in [1.82, 2.24) is 5.32 Å². The zero-order valence-corrected chi connectivity index (χ0v) is 14.0. The van der Waals surface area contributed by atoms with Crippen molar-refractivity contribution in [3.63, 3.8) is 0 Å². The van der Waals surface area contributed by atoms with Crippen LogP contribution in [0.2, 0.25) is 0 Å². The van der Waals surface area contributed by atoms with Gasteiger partial charge in [-0.1, -0.05) is 32.9 Å². The lowest BCUT2D eigenvalue weighted by molar-refractivity contribution is 0.309. The summed E-state index contributed by atoms with van der Waals surface area (Å²) in [5.41, 5.74) is 1.42. The number of hydrogen-bond acceptors (Lipinski definition) is 2. The molecule has 1 aliphatic carbocycles. The molecule has 0 spiro atoms. The van der Waals surface area contributed by atoms with Crippen molar-refractivity contribution in [2.24, 2.45) is 11.8 Å². The van der Waals surface area contributed by atoms with E-state index in [1.807, 2.05) is 0 Å². The maximum absolute atomic E-state index is 3.49. The molecule has 2 rings (SSSR count). The van der Waals surface area contributed by atoms with Gasteiger partial charge in [0.15, 0.2) is 0 Å². The molecule has 1 aliphatic rings. The Labute approximate surface area is 128 Å². The van der Waals surface area contributed by atoms with Gasteiger partial charge in [-0.3, -0.25) is 0 Å². The van der Waals surface area contributed by atoms with Crippen LogP contribution >= 0.6 is 11.8 Å². The normalized spacial score (nSPS) is 26.6. The van der Waals surface area contributed by atoms with Crippen molar-refractivity contribution in [2.75, 3.05) is 6.54 Å². The topological polar surface area (TPSA) is 12.0 Å². The van der Waals surface area contributed by atoms with Crippen LogP contribution in [0, 0.1) is 11.8 Å². The fourth-order valence-electron chi connectivity index (χ4n) is 3.30. The van der Waals surface area contributed by atoms with Crippen LogP contribution in [0.25, 0.3) is 0 Å². The Hall–Kier alpha value is -0.470. The third kappa shape index (κ3) is 5.14. The van der Waals surface area contributed by atoms with E-state index < -0.39 is 0 Å². The number of rotatable bonds is 6. The first-order chi connectivity index (χ1) is 9.67. The van der Waals surface area contributed by atoms with Gasteiger partial charge >= 0.3 is 0 Å². The molecule has 1 N–H and O–H groups in total. The lowest BCUT2D eigenvalue weighted by atomic mass is 9.83. The van der Waals surface area contributed by atoms with Crippen molar-refractivity contribution in [3.8, 4) is 0 Å². The first-order valence-electron chi connectivity index (χ1n) is 8.13. The van der Waals surface area contributed by atoms with E-state index in [9.17, 15) is 0 Å². The molecular formula is C18H29NS. The number of benzene rings is 1. The number of nitrogens with one attached hydrogen (secondary N) is 1. The van der Waals surface area contributed by atoms with Crippen LogP contribution in [0.15, 0.2) is 29.2 Å². The minimum absolute atomic E-state index is 0.813. The molecule has 0 saturated heterocycles. The molecule has 1 aromatic rings. The summed E-state index contributed by atoms with van der Waals surface area (Å²) in [7, 11) is 0. The van der Waals surface area contributed by atoms with Crippen molar-refractivity contribution < 1.29 is 0 Å². The van der Waals surface area contributed by atoms with Crippen molar-refractivity contribution >= 4 is 11.8 Å². The predicted molar refractivity (Wildman–Crippen MR) is 90.3 cm³/mol. The van der Waals surface area contributed by atoms with Gasteiger partial charge in [0, 0.05) is 16.7 Å². The van der Waals surface area contributed by atoms with Gasteiger partial charge in [0.05, 0.1) is 0 Å². The summed E-state index contributed by atoms with van der Waals surface area (Å²) in [5, 5.41) is 4.30. The Bertz CT molecular complexity index is 394. The minimum atomic E-state index is 0.813. The van der Waals surface area contributed by atoms with Crippen LogP contribution < -0.4 is 5.32 Å². The van der Waals surface area contributed by atoms with Crippen LogP contribution in [-0.2, 0) is 6.54 Å². The molecule has 0 amide bonds. The van der Waals surface area contributed by atoms with Gasteiger partial charge in [0.2, 0.25) is 0 Å². The first kappa shape index (κ1) is 15.9. The van der Waals surface area contributed by atoms with E-state index in [1.165, 1.54) is 36.1 Å². The molecule has 0 aliphatic heterocycles. The quantitative estimate of drug-likeness (QED) is 0.732. The molecule has 0 heterocycles. The molecule has 1 fully saturated rings. The van der Waals surface area contributed by atoms with Gasteiger partial charge in [-0.15, -0.1) is 11.8 Å². The molecule has 1 nitrogen and oxygen atoms in total. The summed E-state index contributed by atoms with van der Waals surface area (Å²) < 4.78 is 0. The Kier molecular flexibility index (Phi) is 6.44. The van der Waals surface area contributed by atoms with E-state index in [4.69, 9.17) is 0 Å². The summed E-state index contributed by atoms with van der Waals surface area (Å²) in [6.45, 7) is 9.14. The highest BCUT2D eigenvalue weighted by molar-refractivity contribution is 8.00. The van der Waals surface area contributed by atoms with Crippen molar-refractivity contribution in [3.05, 3.63) is 29.8 Å². The van der Waals surface area contributed by atoms with Crippen molar-refractivity contribution in [1.29, 1.82) is 0 Å². The summed E-state index contributed by atoms with van der Waals surface area (Å²) in [5.74, 6) is 1.79. The summed E-state index contributed by atoms with van der Waals surface area (Å²) in [6, 6.07) is 9.09. The van der Waals surface area contributed by atoms with Gasteiger partial charge in [-0.25, -0.2) is 0 Å². The summed E-state index contributed by atoms with van der Waals surface area (Å²) in [4.78, 5) is 1.45. The molecule has 0 aromatic heterocycles. The molecule has 112 valence electrons. The van der Waals surface area contributed by atoms with Gasteiger partial charge in [-0.2, -0.15) is 0 Å². The lowest BCUT2D eigenvalue weighted by Crippen LogP contribution is -2.21. The highest BCUT2D eigenvalue weighted by Gasteiger charge is 2.24. The molecule has 20 heavy (non-hydrogen) atoms. The number of hydrogen-bond donors (Lipinski definition) is 1. The lowest BCUT2D eigenvalue weighted by Gasteiger charge is -2.31. The third-order valence-electron chi connectivity index (χ3n) is 4.09. The second-order valence-electron chi connectivity index (χ2n) is 6.48. The summed E-state index contributed by atoms with van der Waals surface area (Å²) >= 11 is 2.10. The van der Waals surface area contributed by atoms with E-state index in [2.05, 4.69) is 62.1 Å². The van der Waals surface area contributed by atoms with Crippen LogP contribution in [0.3, 0.4) is 0 Å². The molecule has 2 unspecified atom stereocenters. The fourth-order valence-corrected chi connectivity index (χ4v) is 4.91. The Morgan fingerprint density at radius 3 is 2.60 bits per heavy atom. The van der Waals surface area contributed by atoms with E-state index >= 15 is 0 Å². The molecule has 0 bridgehead atoms. The molecule has 1 aromatic carbocycles. The van der Waals surface area contributed by atoms with Crippen LogP contribution in [0.5, 0.6) is 0 Å². The highest BCUT2D eigenvalue weighted by atomic mass is 32.2. The third-order valence-corrected chi connectivity index (χ3v) is 5.34. The molecule has 2 heteroatoms. The second-order valence-corrected chi connectivity index (χ2v) is 7.86. The van der Waals surface area contributed by atoms with E-state index in [-0.39, 0.29) is 0 Å². The maximum atomic E-state index is 3.49. The average Bonchev–Trinajstić information content (AvgIpc) is 2.38. The van der Waals surface area contributed by atoms with Crippen molar-refractivity contribution in [2.45, 2.75) is 63.1 Å². The minimum Gasteiger partial charge on any atom is -0.313 e. The first-order valence-corrected chi connectivity index (χ1v) is 9.01. The highest BCUT2D eigenvalue weighted by Crippen LogP contribution is 2.38. The van der Waals surface area contributed by atoms with Gasteiger partial charge in [-0.05, 0) is 61.8 Å². The zero-order chi connectivity index (χ0) is 14.4. The van der Waals surface area contributed by atoms with Crippen LogP contribution in [0.4, 0.5) is 0 Å². The fraction of sp³-hybridized carbons (Fsp3) is 0.667. The maximum Gasteiger partial charge on any atom is 0.0205 e. The standard InChI is InChI=1S/C18H29NS/c1-4-8-19-13-16-6-5-7-17(12-16)20-18-10-14(2)9-15(3)11-18/h5-7,12,14-15,18-19H,4,8-11,13H2,1-3H3. The monoisotopic (exact) mass is 291 g/mol. The Morgan fingerprint density at radius 2 is 1.90 bits per heavy atom. The van der Waals surface area contributed by atoms with Gasteiger partial charge < -0.3 is 5.32 Å². The van der Waals surface area contributed by atoms with E-state index in [0.717, 1.165) is 30.2 Å². The number of thioether (sulfide) groups is 1. The van der Waals surface area contributed by atoms with E-state index in [1.54, 1.807) is 0 Å².